The van der Waals surface area contributed by atoms with E-state index in [-0.39, 0.29) is 4.90 Å². The Morgan fingerprint density at radius 2 is 1.52 bits per heavy atom. The van der Waals surface area contributed by atoms with E-state index in [1.807, 2.05) is 0 Å². The zero-order valence-corrected chi connectivity index (χ0v) is 14.0. The number of hydrogen-bond donors (Lipinski definition) is 3. The van der Waals surface area contributed by atoms with Gasteiger partial charge in [0.05, 0.1) is 4.90 Å². The lowest BCUT2D eigenvalue weighted by Gasteiger charge is -2.23. The molecule has 1 rings (SSSR count). The Morgan fingerprint density at radius 1 is 1.05 bits per heavy atom. The van der Waals surface area contributed by atoms with Crippen molar-refractivity contribution in [3.8, 4) is 0 Å². The van der Waals surface area contributed by atoms with Gasteiger partial charge in [-0.3, -0.25) is 0 Å². The van der Waals surface area contributed by atoms with Crippen LogP contribution in [0.4, 0.5) is 0 Å². The summed E-state index contributed by atoms with van der Waals surface area (Å²) in [5, 5.41) is 5.00. The van der Waals surface area contributed by atoms with Crippen molar-refractivity contribution in [1.82, 2.24) is 9.44 Å². The highest BCUT2D eigenvalue weighted by atomic mass is 32.2. The first-order valence-corrected chi connectivity index (χ1v) is 9.27. The Bertz CT molecular complexity index is 689. The maximum absolute atomic E-state index is 11.9. The number of primary sulfonamides is 1. The van der Waals surface area contributed by atoms with Crippen LogP contribution >= 0.6 is 0 Å². The van der Waals surface area contributed by atoms with Gasteiger partial charge in [0, 0.05) is 11.6 Å². The van der Waals surface area contributed by atoms with E-state index in [0.717, 1.165) is 0 Å². The van der Waals surface area contributed by atoms with E-state index in [0.29, 0.717) is 5.56 Å². The average Bonchev–Trinajstić information content (AvgIpc) is 2.23. The fourth-order valence-corrected chi connectivity index (χ4v) is 3.66. The number of sulfonamides is 1. The largest absolute Gasteiger partial charge is 0.277 e. The van der Waals surface area contributed by atoms with Crippen molar-refractivity contribution in [2.24, 2.45) is 5.14 Å². The molecule has 1 aromatic carbocycles. The quantitative estimate of drug-likeness (QED) is 0.730. The zero-order chi connectivity index (χ0) is 16.5. The summed E-state index contributed by atoms with van der Waals surface area (Å²) in [6, 6.07) is 5.20. The van der Waals surface area contributed by atoms with Gasteiger partial charge >= 0.3 is 0 Å². The molecule has 0 aliphatic heterocycles. The highest BCUT2D eigenvalue weighted by Gasteiger charge is 2.22. The molecule has 1 unspecified atom stereocenters. The van der Waals surface area contributed by atoms with Crippen LogP contribution in [0.3, 0.4) is 0 Å². The van der Waals surface area contributed by atoms with Crippen LogP contribution in [0.5, 0.6) is 0 Å². The lowest BCUT2D eigenvalue weighted by atomic mass is 10.1. The number of hydrogen-bond acceptors (Lipinski definition) is 4. The van der Waals surface area contributed by atoms with Gasteiger partial charge in [0.1, 0.15) is 0 Å². The first-order chi connectivity index (χ1) is 9.30. The van der Waals surface area contributed by atoms with Crippen LogP contribution in [-0.2, 0) is 20.2 Å². The fourth-order valence-electron chi connectivity index (χ4n) is 1.68. The summed E-state index contributed by atoms with van der Waals surface area (Å²) in [5.41, 5.74) is 0.0324. The molecule has 9 heteroatoms. The van der Waals surface area contributed by atoms with E-state index in [2.05, 4.69) is 9.44 Å². The van der Waals surface area contributed by atoms with Crippen LogP contribution in [0.1, 0.15) is 39.3 Å². The van der Waals surface area contributed by atoms with E-state index in [9.17, 15) is 16.8 Å². The molecule has 1 atom stereocenters. The molecule has 0 fully saturated rings. The van der Waals surface area contributed by atoms with Crippen LogP contribution < -0.4 is 14.6 Å². The Hall–Kier alpha value is -1.00. The van der Waals surface area contributed by atoms with Gasteiger partial charge in [0.15, 0.2) is 0 Å². The molecule has 0 aromatic heterocycles. The molecule has 0 spiro atoms. The van der Waals surface area contributed by atoms with Gasteiger partial charge in [-0.15, -0.1) is 0 Å². The maximum Gasteiger partial charge on any atom is 0.277 e. The Balaban J connectivity index is 2.88. The van der Waals surface area contributed by atoms with Gasteiger partial charge in [0.25, 0.3) is 10.2 Å². The minimum atomic E-state index is -3.76. The Kier molecular flexibility index (Phi) is 5.17. The van der Waals surface area contributed by atoms with E-state index in [1.165, 1.54) is 24.3 Å². The highest BCUT2D eigenvalue weighted by Crippen LogP contribution is 2.16. The van der Waals surface area contributed by atoms with Crippen LogP contribution in [-0.4, -0.2) is 22.4 Å². The summed E-state index contributed by atoms with van der Waals surface area (Å²) in [5.74, 6) is 0. The number of nitrogens with two attached hydrogens (primary N) is 1. The van der Waals surface area contributed by atoms with E-state index >= 15 is 0 Å². The predicted molar refractivity (Wildman–Crippen MR) is 81.2 cm³/mol. The molecule has 120 valence electrons. The fraction of sp³-hybridized carbons (Fsp3) is 0.500. The van der Waals surface area contributed by atoms with Crippen LogP contribution in [0.25, 0.3) is 0 Å². The zero-order valence-electron chi connectivity index (χ0n) is 12.4. The molecular formula is C12H21N3O4S2. The lowest BCUT2D eigenvalue weighted by molar-refractivity contribution is 0.478. The van der Waals surface area contributed by atoms with Gasteiger partial charge in [-0.1, -0.05) is 12.1 Å². The standard InChI is InChI=1S/C12H21N3O4S2/c1-9(14-21(18,19)15-12(2,3)4)10-5-7-11(8-6-10)20(13,16)17/h5-9,14-15H,1-4H3,(H2,13,16,17). The third-order valence-corrected chi connectivity index (χ3v) is 4.96. The second-order valence-corrected chi connectivity index (χ2v) is 8.82. The predicted octanol–water partition coefficient (Wildman–Crippen LogP) is 0.618. The topological polar surface area (TPSA) is 118 Å². The van der Waals surface area contributed by atoms with Crippen molar-refractivity contribution < 1.29 is 16.8 Å². The van der Waals surface area contributed by atoms with Crippen molar-refractivity contribution >= 4 is 20.2 Å². The minimum Gasteiger partial charge on any atom is -0.225 e. The Labute approximate surface area is 126 Å². The van der Waals surface area contributed by atoms with E-state index in [1.54, 1.807) is 27.7 Å². The average molecular weight is 335 g/mol. The highest BCUT2D eigenvalue weighted by molar-refractivity contribution is 7.89. The summed E-state index contributed by atoms with van der Waals surface area (Å²) >= 11 is 0. The van der Waals surface area contributed by atoms with Crippen molar-refractivity contribution in [2.45, 2.75) is 44.2 Å². The molecule has 4 N–H and O–H groups in total. The molecule has 0 bridgehead atoms. The minimum absolute atomic E-state index is 0.0193. The maximum atomic E-state index is 11.9. The molecular weight excluding hydrogens is 314 g/mol. The van der Waals surface area contributed by atoms with Crippen molar-refractivity contribution in [2.75, 3.05) is 0 Å². The Morgan fingerprint density at radius 3 is 1.90 bits per heavy atom. The van der Waals surface area contributed by atoms with Gasteiger partial charge < -0.3 is 0 Å². The van der Waals surface area contributed by atoms with E-state index < -0.39 is 31.8 Å². The molecule has 0 heterocycles. The van der Waals surface area contributed by atoms with Gasteiger partial charge in [0.2, 0.25) is 10.0 Å². The SMILES string of the molecule is CC(NS(=O)(=O)NC(C)(C)C)c1ccc(S(N)(=O)=O)cc1. The number of rotatable bonds is 5. The first kappa shape index (κ1) is 18.1. The summed E-state index contributed by atoms with van der Waals surface area (Å²) in [7, 11) is -7.42. The van der Waals surface area contributed by atoms with E-state index in [4.69, 9.17) is 5.14 Å². The summed E-state index contributed by atoms with van der Waals surface area (Å²) < 4.78 is 51.1. The second-order valence-electron chi connectivity index (χ2n) is 5.81. The molecule has 0 saturated carbocycles. The summed E-state index contributed by atoms with van der Waals surface area (Å²) in [6.45, 7) is 6.86. The van der Waals surface area contributed by atoms with Crippen molar-refractivity contribution in [1.29, 1.82) is 0 Å². The summed E-state index contributed by atoms with van der Waals surface area (Å²) in [4.78, 5) is -0.0193. The third kappa shape index (κ3) is 6.10. The molecule has 0 amide bonds. The van der Waals surface area contributed by atoms with Crippen molar-refractivity contribution in [3.63, 3.8) is 0 Å². The molecule has 7 nitrogen and oxygen atoms in total. The molecule has 0 aliphatic rings. The third-order valence-electron chi connectivity index (χ3n) is 2.48. The summed E-state index contributed by atoms with van der Waals surface area (Å²) in [6.07, 6.45) is 0. The second kappa shape index (κ2) is 6.01. The number of benzene rings is 1. The lowest BCUT2D eigenvalue weighted by Crippen LogP contribution is -2.47. The normalized spacial score (nSPS) is 14.9. The molecule has 21 heavy (non-hydrogen) atoms. The van der Waals surface area contributed by atoms with Crippen LogP contribution in [0, 0.1) is 0 Å². The first-order valence-electron chi connectivity index (χ1n) is 6.24. The van der Waals surface area contributed by atoms with Crippen LogP contribution in [0.15, 0.2) is 29.2 Å². The number of nitrogens with one attached hydrogen (secondary N) is 2. The van der Waals surface area contributed by atoms with Crippen molar-refractivity contribution in [3.05, 3.63) is 29.8 Å². The molecule has 0 saturated heterocycles. The van der Waals surface area contributed by atoms with Gasteiger partial charge in [-0.25, -0.2) is 13.6 Å². The van der Waals surface area contributed by atoms with Crippen LogP contribution in [0.2, 0.25) is 0 Å². The van der Waals surface area contributed by atoms with Gasteiger partial charge in [-0.05, 0) is 45.4 Å². The molecule has 1 aromatic rings. The molecule has 0 aliphatic carbocycles. The molecule has 0 radical (unpaired) electrons. The van der Waals surface area contributed by atoms with Gasteiger partial charge in [-0.2, -0.15) is 17.9 Å². The monoisotopic (exact) mass is 335 g/mol. The smallest absolute Gasteiger partial charge is 0.225 e.